The standard InChI is InChI=1S/C14H15BrN2O/c1-9-6-14(13(8-16)10(2)17-9)18-12-5-3-4-11(15)7-12/h3-7H,8,16H2,1-2H3. The van der Waals surface area contributed by atoms with Gasteiger partial charge in [0.05, 0.1) is 0 Å². The highest BCUT2D eigenvalue weighted by Gasteiger charge is 2.09. The Labute approximate surface area is 115 Å². The van der Waals surface area contributed by atoms with Crippen LogP contribution >= 0.6 is 15.9 Å². The summed E-state index contributed by atoms with van der Waals surface area (Å²) in [7, 11) is 0. The van der Waals surface area contributed by atoms with Gasteiger partial charge in [0.25, 0.3) is 0 Å². The third-order valence-corrected chi connectivity index (χ3v) is 3.14. The van der Waals surface area contributed by atoms with E-state index in [4.69, 9.17) is 10.5 Å². The lowest BCUT2D eigenvalue weighted by Gasteiger charge is -2.13. The number of hydrogen-bond acceptors (Lipinski definition) is 3. The lowest BCUT2D eigenvalue weighted by atomic mass is 10.1. The summed E-state index contributed by atoms with van der Waals surface area (Å²) in [5.41, 5.74) is 8.55. The van der Waals surface area contributed by atoms with Crippen molar-refractivity contribution < 1.29 is 4.74 Å². The van der Waals surface area contributed by atoms with Crippen molar-refractivity contribution in [3.63, 3.8) is 0 Å². The van der Waals surface area contributed by atoms with Gasteiger partial charge in [-0.3, -0.25) is 4.98 Å². The van der Waals surface area contributed by atoms with Gasteiger partial charge in [-0.15, -0.1) is 0 Å². The zero-order valence-corrected chi connectivity index (χ0v) is 12.0. The van der Waals surface area contributed by atoms with Crippen molar-refractivity contribution in [3.8, 4) is 11.5 Å². The molecule has 2 N–H and O–H groups in total. The van der Waals surface area contributed by atoms with Crippen LogP contribution in [-0.2, 0) is 6.54 Å². The molecule has 0 aliphatic heterocycles. The summed E-state index contributed by atoms with van der Waals surface area (Å²) >= 11 is 3.42. The molecule has 0 saturated carbocycles. The van der Waals surface area contributed by atoms with Gasteiger partial charge < -0.3 is 10.5 Å². The SMILES string of the molecule is Cc1cc(Oc2cccc(Br)c2)c(CN)c(C)n1. The normalized spacial score (nSPS) is 10.4. The highest BCUT2D eigenvalue weighted by Crippen LogP contribution is 2.28. The molecule has 3 nitrogen and oxygen atoms in total. The predicted molar refractivity (Wildman–Crippen MR) is 75.8 cm³/mol. The number of benzene rings is 1. The van der Waals surface area contributed by atoms with Gasteiger partial charge in [-0.1, -0.05) is 22.0 Å². The Morgan fingerprint density at radius 3 is 2.72 bits per heavy atom. The Kier molecular flexibility index (Phi) is 3.99. The molecule has 1 aromatic heterocycles. The van der Waals surface area contributed by atoms with E-state index in [0.29, 0.717) is 6.54 Å². The van der Waals surface area contributed by atoms with Crippen molar-refractivity contribution in [1.29, 1.82) is 0 Å². The minimum atomic E-state index is 0.419. The zero-order chi connectivity index (χ0) is 13.1. The number of halogens is 1. The lowest BCUT2D eigenvalue weighted by molar-refractivity contribution is 0.473. The first kappa shape index (κ1) is 13.1. The third-order valence-electron chi connectivity index (χ3n) is 2.65. The van der Waals surface area contributed by atoms with E-state index in [1.165, 1.54) is 0 Å². The van der Waals surface area contributed by atoms with Gasteiger partial charge in [-0.05, 0) is 32.0 Å². The second-order valence-electron chi connectivity index (χ2n) is 4.09. The minimum absolute atomic E-state index is 0.419. The molecule has 0 amide bonds. The monoisotopic (exact) mass is 306 g/mol. The molecular weight excluding hydrogens is 292 g/mol. The first-order chi connectivity index (χ1) is 8.60. The average Bonchev–Trinajstić information content (AvgIpc) is 2.28. The van der Waals surface area contributed by atoms with Crippen molar-refractivity contribution in [2.45, 2.75) is 20.4 Å². The topological polar surface area (TPSA) is 48.1 Å². The zero-order valence-electron chi connectivity index (χ0n) is 10.4. The van der Waals surface area contributed by atoms with Crippen LogP contribution in [0, 0.1) is 13.8 Å². The highest BCUT2D eigenvalue weighted by molar-refractivity contribution is 9.10. The maximum atomic E-state index is 5.89. The first-order valence-electron chi connectivity index (χ1n) is 5.70. The van der Waals surface area contributed by atoms with E-state index in [-0.39, 0.29) is 0 Å². The maximum absolute atomic E-state index is 5.89. The van der Waals surface area contributed by atoms with Crippen molar-refractivity contribution in [3.05, 3.63) is 51.8 Å². The molecular formula is C14H15BrN2O. The Hall–Kier alpha value is -1.39. The van der Waals surface area contributed by atoms with E-state index >= 15 is 0 Å². The van der Waals surface area contributed by atoms with Crippen LogP contribution in [0.2, 0.25) is 0 Å². The largest absolute Gasteiger partial charge is 0.457 e. The maximum Gasteiger partial charge on any atom is 0.135 e. The fourth-order valence-electron chi connectivity index (χ4n) is 1.82. The molecule has 1 aromatic carbocycles. The summed E-state index contributed by atoms with van der Waals surface area (Å²) in [6.07, 6.45) is 0. The smallest absolute Gasteiger partial charge is 0.135 e. The number of aromatic nitrogens is 1. The van der Waals surface area contributed by atoms with E-state index in [0.717, 1.165) is 32.9 Å². The summed E-state index contributed by atoms with van der Waals surface area (Å²) in [5.74, 6) is 1.56. The average molecular weight is 307 g/mol. The van der Waals surface area contributed by atoms with Gasteiger partial charge in [-0.2, -0.15) is 0 Å². The number of ether oxygens (including phenoxy) is 1. The third kappa shape index (κ3) is 2.89. The summed E-state index contributed by atoms with van der Waals surface area (Å²) in [6.45, 7) is 4.31. The van der Waals surface area contributed by atoms with E-state index in [9.17, 15) is 0 Å². The van der Waals surface area contributed by atoms with E-state index in [1.807, 2.05) is 44.2 Å². The van der Waals surface area contributed by atoms with E-state index in [1.54, 1.807) is 0 Å². The van der Waals surface area contributed by atoms with Crippen LogP contribution < -0.4 is 10.5 Å². The van der Waals surface area contributed by atoms with Gasteiger partial charge in [0, 0.05) is 34.0 Å². The lowest BCUT2D eigenvalue weighted by Crippen LogP contribution is -2.04. The number of rotatable bonds is 3. The molecule has 0 spiro atoms. The second kappa shape index (κ2) is 5.50. The highest BCUT2D eigenvalue weighted by atomic mass is 79.9. The number of hydrogen-bond donors (Lipinski definition) is 1. The molecule has 0 unspecified atom stereocenters. The molecule has 18 heavy (non-hydrogen) atoms. The van der Waals surface area contributed by atoms with Crippen molar-refractivity contribution in [2.75, 3.05) is 0 Å². The Bertz CT molecular complexity index is 570. The van der Waals surface area contributed by atoms with Crippen molar-refractivity contribution in [2.24, 2.45) is 5.73 Å². The van der Waals surface area contributed by atoms with Crippen LogP contribution in [-0.4, -0.2) is 4.98 Å². The molecule has 94 valence electrons. The second-order valence-corrected chi connectivity index (χ2v) is 5.00. The minimum Gasteiger partial charge on any atom is -0.457 e. The number of nitrogens with two attached hydrogens (primary N) is 1. The van der Waals surface area contributed by atoms with Gasteiger partial charge in [0.2, 0.25) is 0 Å². The quantitative estimate of drug-likeness (QED) is 0.940. The fraction of sp³-hybridized carbons (Fsp3) is 0.214. The van der Waals surface area contributed by atoms with Gasteiger partial charge >= 0.3 is 0 Å². The molecule has 1 heterocycles. The molecule has 0 aliphatic carbocycles. The van der Waals surface area contributed by atoms with Gasteiger partial charge in [0.1, 0.15) is 11.5 Å². The molecule has 2 aromatic rings. The van der Waals surface area contributed by atoms with Crippen molar-refractivity contribution >= 4 is 15.9 Å². The van der Waals surface area contributed by atoms with E-state index in [2.05, 4.69) is 20.9 Å². The predicted octanol–water partition coefficient (Wildman–Crippen LogP) is 3.71. The Balaban J connectivity index is 2.39. The first-order valence-corrected chi connectivity index (χ1v) is 6.50. The number of aryl methyl sites for hydroxylation is 2. The summed E-state index contributed by atoms with van der Waals surface area (Å²) < 4.78 is 6.88. The van der Waals surface area contributed by atoms with E-state index < -0.39 is 0 Å². The fourth-order valence-corrected chi connectivity index (χ4v) is 2.19. The summed E-state index contributed by atoms with van der Waals surface area (Å²) in [4.78, 5) is 4.39. The molecule has 2 rings (SSSR count). The molecule has 0 saturated heterocycles. The molecule has 0 radical (unpaired) electrons. The molecule has 0 fully saturated rings. The summed E-state index contributed by atoms with van der Waals surface area (Å²) in [6, 6.07) is 9.64. The van der Waals surface area contributed by atoms with Crippen LogP contribution in [0.5, 0.6) is 11.5 Å². The van der Waals surface area contributed by atoms with Crippen LogP contribution in [0.4, 0.5) is 0 Å². The van der Waals surface area contributed by atoms with Crippen molar-refractivity contribution in [1.82, 2.24) is 4.98 Å². The van der Waals surface area contributed by atoms with Gasteiger partial charge in [-0.25, -0.2) is 0 Å². The molecule has 0 aliphatic rings. The molecule has 4 heteroatoms. The van der Waals surface area contributed by atoms with Crippen LogP contribution in [0.15, 0.2) is 34.8 Å². The Morgan fingerprint density at radius 2 is 2.06 bits per heavy atom. The van der Waals surface area contributed by atoms with Gasteiger partial charge in [0.15, 0.2) is 0 Å². The summed E-state index contributed by atoms with van der Waals surface area (Å²) in [5, 5.41) is 0. The molecule has 0 atom stereocenters. The number of pyridine rings is 1. The van der Waals surface area contributed by atoms with Crippen LogP contribution in [0.3, 0.4) is 0 Å². The number of nitrogens with zero attached hydrogens (tertiary/aromatic N) is 1. The van der Waals surface area contributed by atoms with Crippen LogP contribution in [0.25, 0.3) is 0 Å². The Morgan fingerprint density at radius 1 is 1.28 bits per heavy atom. The molecule has 0 bridgehead atoms. The van der Waals surface area contributed by atoms with Crippen LogP contribution in [0.1, 0.15) is 17.0 Å².